The number of thioether (sulfide) groups is 1. The number of nitriles is 1. The largest absolute Gasteiger partial charge is 0.399 e. The molecule has 0 fully saturated rings. The Morgan fingerprint density at radius 3 is 2.92 bits per heavy atom. The van der Waals surface area contributed by atoms with Crippen molar-refractivity contribution in [1.82, 2.24) is 0 Å². The summed E-state index contributed by atoms with van der Waals surface area (Å²) in [7, 11) is 0. The van der Waals surface area contributed by atoms with Crippen LogP contribution in [0.3, 0.4) is 0 Å². The maximum absolute atomic E-state index is 8.45. The topological polar surface area (TPSA) is 49.8 Å². The first-order valence-electron chi connectivity index (χ1n) is 4.07. The van der Waals surface area contributed by atoms with E-state index in [-0.39, 0.29) is 0 Å². The van der Waals surface area contributed by atoms with Gasteiger partial charge in [-0.3, -0.25) is 0 Å². The van der Waals surface area contributed by atoms with Crippen LogP contribution < -0.4 is 5.73 Å². The van der Waals surface area contributed by atoms with Crippen molar-refractivity contribution in [3.8, 4) is 6.07 Å². The molecule has 1 rings (SSSR count). The van der Waals surface area contributed by atoms with E-state index >= 15 is 0 Å². The zero-order valence-corrected chi connectivity index (χ0v) is 8.40. The minimum absolute atomic E-state index is 0.530. The Hall–Kier alpha value is -1.14. The number of nitrogen functional groups attached to an aromatic ring is 1. The van der Waals surface area contributed by atoms with Gasteiger partial charge in [0.1, 0.15) is 0 Å². The lowest BCUT2D eigenvalue weighted by atomic mass is 10.1. The highest BCUT2D eigenvalue weighted by Gasteiger charge is 1.99. The molecule has 13 heavy (non-hydrogen) atoms. The molecule has 68 valence electrons. The molecular formula is C10H12N2S. The third-order valence-corrected chi connectivity index (χ3v) is 2.58. The molecule has 0 unspecified atom stereocenters. The number of nitrogens with two attached hydrogens (primary N) is 1. The van der Waals surface area contributed by atoms with Crippen molar-refractivity contribution in [2.75, 3.05) is 12.0 Å². The Morgan fingerprint density at radius 1 is 1.54 bits per heavy atom. The predicted molar refractivity (Wildman–Crippen MR) is 56.6 cm³/mol. The van der Waals surface area contributed by atoms with Gasteiger partial charge >= 0.3 is 0 Å². The quantitative estimate of drug-likeness (QED) is 0.591. The van der Waals surface area contributed by atoms with E-state index in [4.69, 9.17) is 11.0 Å². The molecule has 0 heterocycles. The van der Waals surface area contributed by atoms with Gasteiger partial charge in [-0.2, -0.15) is 5.26 Å². The van der Waals surface area contributed by atoms with Crippen molar-refractivity contribution in [3.63, 3.8) is 0 Å². The Bertz CT molecular complexity index is 328. The molecule has 0 amide bonds. The van der Waals surface area contributed by atoms with E-state index in [1.165, 1.54) is 4.90 Å². The Kier molecular flexibility index (Phi) is 3.66. The average Bonchev–Trinajstić information content (AvgIpc) is 2.17. The van der Waals surface area contributed by atoms with Gasteiger partial charge in [0.15, 0.2) is 0 Å². The molecule has 0 bridgehead atoms. The van der Waals surface area contributed by atoms with Crippen LogP contribution in [0.2, 0.25) is 0 Å². The van der Waals surface area contributed by atoms with E-state index in [0.717, 1.165) is 17.7 Å². The van der Waals surface area contributed by atoms with Gasteiger partial charge in [-0.25, -0.2) is 0 Å². The van der Waals surface area contributed by atoms with Crippen LogP contribution >= 0.6 is 11.8 Å². The molecule has 0 aromatic heterocycles. The van der Waals surface area contributed by atoms with Crippen molar-refractivity contribution < 1.29 is 0 Å². The summed E-state index contributed by atoms with van der Waals surface area (Å²) in [6, 6.07) is 8.07. The Morgan fingerprint density at radius 2 is 2.31 bits per heavy atom. The number of nitrogens with zero attached hydrogens (tertiary/aromatic N) is 1. The Labute approximate surface area is 82.7 Å². The summed E-state index contributed by atoms with van der Waals surface area (Å²) in [4.78, 5) is 1.20. The first-order valence-corrected chi connectivity index (χ1v) is 5.29. The molecular weight excluding hydrogens is 180 g/mol. The van der Waals surface area contributed by atoms with Crippen LogP contribution in [-0.4, -0.2) is 6.26 Å². The lowest BCUT2D eigenvalue weighted by Crippen LogP contribution is -1.94. The summed E-state index contributed by atoms with van der Waals surface area (Å²) < 4.78 is 0. The number of hydrogen-bond donors (Lipinski definition) is 1. The maximum atomic E-state index is 8.45. The van der Waals surface area contributed by atoms with Crippen LogP contribution in [0.5, 0.6) is 0 Å². The van der Waals surface area contributed by atoms with E-state index in [0.29, 0.717) is 6.42 Å². The zero-order chi connectivity index (χ0) is 9.68. The number of anilines is 1. The summed E-state index contributed by atoms with van der Waals surface area (Å²) in [5.74, 6) is 0. The fourth-order valence-corrected chi connectivity index (χ4v) is 1.58. The van der Waals surface area contributed by atoms with Gasteiger partial charge in [-0.05, 0) is 36.4 Å². The highest BCUT2D eigenvalue weighted by atomic mass is 32.2. The molecule has 0 atom stereocenters. The number of hydrogen-bond acceptors (Lipinski definition) is 3. The molecule has 0 aliphatic rings. The fourth-order valence-electron chi connectivity index (χ4n) is 1.12. The minimum atomic E-state index is 0.530. The molecule has 0 spiro atoms. The summed E-state index contributed by atoms with van der Waals surface area (Å²) in [6.07, 6.45) is 3.30. The van der Waals surface area contributed by atoms with Crippen LogP contribution in [0.15, 0.2) is 23.1 Å². The van der Waals surface area contributed by atoms with Crippen LogP contribution in [0.4, 0.5) is 5.69 Å². The van der Waals surface area contributed by atoms with Crippen LogP contribution in [0.25, 0.3) is 0 Å². The lowest BCUT2D eigenvalue weighted by molar-refractivity contribution is 1.01. The predicted octanol–water partition coefficient (Wildman–Crippen LogP) is 2.45. The summed E-state index contributed by atoms with van der Waals surface area (Å²) >= 11 is 1.69. The van der Waals surface area contributed by atoms with Crippen molar-refractivity contribution in [2.24, 2.45) is 0 Å². The van der Waals surface area contributed by atoms with Gasteiger partial charge in [0.25, 0.3) is 0 Å². The van der Waals surface area contributed by atoms with E-state index < -0.39 is 0 Å². The third-order valence-electron chi connectivity index (χ3n) is 1.86. The molecule has 0 aliphatic carbocycles. The van der Waals surface area contributed by atoms with Gasteiger partial charge in [-0.15, -0.1) is 11.8 Å². The molecule has 1 aromatic carbocycles. The van der Waals surface area contributed by atoms with Crippen molar-refractivity contribution in [2.45, 2.75) is 17.7 Å². The second-order valence-corrected chi connectivity index (χ2v) is 3.60. The van der Waals surface area contributed by atoms with Gasteiger partial charge in [-0.1, -0.05) is 0 Å². The molecule has 0 aliphatic heterocycles. The summed E-state index contributed by atoms with van der Waals surface area (Å²) in [6.45, 7) is 0. The number of benzene rings is 1. The zero-order valence-electron chi connectivity index (χ0n) is 7.58. The minimum Gasteiger partial charge on any atom is -0.399 e. The second-order valence-electron chi connectivity index (χ2n) is 2.72. The van der Waals surface area contributed by atoms with Crippen LogP contribution in [0, 0.1) is 11.3 Å². The van der Waals surface area contributed by atoms with Crippen molar-refractivity contribution >= 4 is 17.4 Å². The van der Waals surface area contributed by atoms with Gasteiger partial charge < -0.3 is 5.73 Å². The van der Waals surface area contributed by atoms with E-state index in [2.05, 4.69) is 12.1 Å². The smallest absolute Gasteiger partial charge is 0.0625 e. The maximum Gasteiger partial charge on any atom is 0.0625 e. The van der Waals surface area contributed by atoms with Crippen molar-refractivity contribution in [3.05, 3.63) is 23.8 Å². The van der Waals surface area contributed by atoms with Gasteiger partial charge in [0.2, 0.25) is 0 Å². The van der Waals surface area contributed by atoms with E-state index in [1.54, 1.807) is 11.8 Å². The average molecular weight is 192 g/mol. The molecule has 3 heteroatoms. The first kappa shape index (κ1) is 9.94. The van der Waals surface area contributed by atoms with Gasteiger partial charge in [0.05, 0.1) is 6.07 Å². The normalized spacial score (nSPS) is 9.54. The number of rotatable bonds is 3. The monoisotopic (exact) mass is 192 g/mol. The molecule has 0 saturated heterocycles. The van der Waals surface area contributed by atoms with Crippen molar-refractivity contribution in [1.29, 1.82) is 5.26 Å². The standard InChI is InChI=1S/C10H12N2S/c1-13-9-4-5-10(12)8(7-9)3-2-6-11/h4-5,7H,2-3,12H2,1H3. The second kappa shape index (κ2) is 4.78. The highest BCUT2D eigenvalue weighted by Crippen LogP contribution is 2.21. The third kappa shape index (κ3) is 2.67. The summed E-state index contributed by atoms with van der Waals surface area (Å²) in [5, 5.41) is 8.45. The number of aryl methyl sites for hydroxylation is 1. The first-order chi connectivity index (χ1) is 6.27. The Balaban J connectivity index is 2.85. The lowest BCUT2D eigenvalue weighted by Gasteiger charge is -2.04. The van der Waals surface area contributed by atoms with E-state index in [1.807, 2.05) is 18.4 Å². The van der Waals surface area contributed by atoms with Crippen LogP contribution in [-0.2, 0) is 6.42 Å². The summed E-state index contributed by atoms with van der Waals surface area (Å²) in [5.41, 5.74) is 7.63. The molecule has 0 radical (unpaired) electrons. The molecule has 2 N–H and O–H groups in total. The van der Waals surface area contributed by atoms with Gasteiger partial charge in [0, 0.05) is 17.0 Å². The molecule has 1 aromatic rings. The highest BCUT2D eigenvalue weighted by molar-refractivity contribution is 7.98. The van der Waals surface area contributed by atoms with E-state index in [9.17, 15) is 0 Å². The fraction of sp³-hybridized carbons (Fsp3) is 0.300. The molecule has 0 saturated carbocycles. The molecule has 2 nitrogen and oxygen atoms in total. The SMILES string of the molecule is CSc1ccc(N)c(CCC#N)c1. The van der Waals surface area contributed by atoms with Crippen LogP contribution in [0.1, 0.15) is 12.0 Å².